The van der Waals surface area contributed by atoms with Crippen molar-refractivity contribution < 1.29 is 4.74 Å². The van der Waals surface area contributed by atoms with Crippen LogP contribution >= 0.6 is 0 Å². The summed E-state index contributed by atoms with van der Waals surface area (Å²) in [5.41, 5.74) is 3.82. The fourth-order valence-corrected chi connectivity index (χ4v) is 1.97. The molecule has 102 valence electrons. The van der Waals surface area contributed by atoms with E-state index in [1.54, 1.807) is 0 Å². The first-order valence-corrected chi connectivity index (χ1v) is 6.63. The maximum Gasteiger partial charge on any atom is 0.174 e. The van der Waals surface area contributed by atoms with Crippen LogP contribution in [0.4, 0.5) is 0 Å². The second-order valence-electron chi connectivity index (χ2n) is 4.62. The van der Waals surface area contributed by atoms with Crippen LogP contribution in [0.2, 0.25) is 0 Å². The Morgan fingerprint density at radius 1 is 1.05 bits per heavy atom. The van der Waals surface area contributed by atoms with E-state index in [-0.39, 0.29) is 6.61 Å². The highest BCUT2D eigenvalue weighted by molar-refractivity contribution is 5.28. The summed E-state index contributed by atoms with van der Waals surface area (Å²) in [6.07, 6.45) is 0. The Morgan fingerprint density at radius 2 is 1.80 bits per heavy atom. The summed E-state index contributed by atoms with van der Waals surface area (Å²) in [5, 5.41) is 11.9. The lowest BCUT2D eigenvalue weighted by Crippen LogP contribution is -2.13. The Kier molecular flexibility index (Phi) is 5.16. The van der Waals surface area contributed by atoms with Crippen LogP contribution in [0.25, 0.3) is 0 Å². The molecule has 0 saturated carbocycles. The summed E-state index contributed by atoms with van der Waals surface area (Å²) in [5.74, 6) is 0.731. The fourth-order valence-electron chi connectivity index (χ4n) is 1.97. The molecule has 2 rings (SSSR count). The molecule has 0 saturated heterocycles. The second-order valence-corrected chi connectivity index (χ2v) is 4.62. The van der Waals surface area contributed by atoms with Crippen LogP contribution in [-0.2, 0) is 13.1 Å². The maximum absolute atomic E-state index is 8.44. The molecule has 0 radical (unpaired) electrons. The van der Waals surface area contributed by atoms with E-state index >= 15 is 0 Å². The summed E-state index contributed by atoms with van der Waals surface area (Å²) >= 11 is 0. The van der Waals surface area contributed by atoms with Crippen molar-refractivity contribution in [1.29, 1.82) is 5.26 Å². The minimum Gasteiger partial charge on any atom is -0.479 e. The lowest BCUT2D eigenvalue weighted by molar-refractivity contribution is 0.368. The fraction of sp³-hybridized carbons (Fsp3) is 0.235. The molecule has 0 aromatic heterocycles. The zero-order valence-corrected chi connectivity index (χ0v) is 11.6. The topological polar surface area (TPSA) is 45.0 Å². The third-order valence-corrected chi connectivity index (χ3v) is 3.13. The molecule has 0 aliphatic heterocycles. The van der Waals surface area contributed by atoms with Crippen molar-refractivity contribution in [2.45, 2.75) is 20.0 Å². The predicted octanol–water partition coefficient (Wildman–Crippen LogP) is 3.19. The van der Waals surface area contributed by atoms with Gasteiger partial charge in [-0.05, 0) is 35.7 Å². The third-order valence-electron chi connectivity index (χ3n) is 3.13. The molecule has 0 fully saturated rings. The number of hydrogen-bond donors (Lipinski definition) is 1. The smallest absolute Gasteiger partial charge is 0.174 e. The number of hydrogen-bond acceptors (Lipinski definition) is 3. The average Bonchev–Trinajstić information content (AvgIpc) is 2.48. The molecule has 3 nitrogen and oxygen atoms in total. The zero-order chi connectivity index (χ0) is 14.2. The van der Waals surface area contributed by atoms with E-state index in [1.807, 2.05) is 30.3 Å². The standard InChI is InChI=1S/C17H18N2O/c1-14-4-2-3-5-16(14)13-19-12-15-6-8-17(9-7-15)20-11-10-18/h2-9,19H,11-13H2,1H3. The van der Waals surface area contributed by atoms with E-state index in [0.29, 0.717) is 0 Å². The van der Waals surface area contributed by atoms with Crippen molar-refractivity contribution in [2.75, 3.05) is 6.61 Å². The number of nitrogens with zero attached hydrogens (tertiary/aromatic N) is 1. The minimum absolute atomic E-state index is 0.0882. The molecule has 1 N–H and O–H groups in total. The molecule has 0 spiro atoms. The summed E-state index contributed by atoms with van der Waals surface area (Å²) in [6.45, 7) is 3.88. The molecule has 0 aliphatic carbocycles. The molecular formula is C17H18N2O. The Labute approximate surface area is 119 Å². The van der Waals surface area contributed by atoms with E-state index in [9.17, 15) is 0 Å². The predicted molar refractivity (Wildman–Crippen MR) is 79.3 cm³/mol. The highest BCUT2D eigenvalue weighted by Crippen LogP contribution is 2.12. The van der Waals surface area contributed by atoms with Crippen molar-refractivity contribution in [3.8, 4) is 11.8 Å². The molecule has 0 aliphatic rings. The summed E-state index contributed by atoms with van der Waals surface area (Å²) < 4.78 is 5.22. The van der Waals surface area contributed by atoms with E-state index in [4.69, 9.17) is 10.00 Å². The second kappa shape index (κ2) is 7.32. The van der Waals surface area contributed by atoms with E-state index < -0.39 is 0 Å². The number of ether oxygens (including phenoxy) is 1. The number of rotatable bonds is 6. The van der Waals surface area contributed by atoms with Gasteiger partial charge in [0, 0.05) is 13.1 Å². The van der Waals surface area contributed by atoms with Crippen LogP contribution in [0, 0.1) is 18.3 Å². The average molecular weight is 266 g/mol. The molecule has 0 amide bonds. The van der Waals surface area contributed by atoms with Gasteiger partial charge in [0.2, 0.25) is 0 Å². The van der Waals surface area contributed by atoms with Crippen LogP contribution in [-0.4, -0.2) is 6.61 Å². The van der Waals surface area contributed by atoms with Crippen molar-refractivity contribution in [2.24, 2.45) is 0 Å². The van der Waals surface area contributed by atoms with Crippen molar-refractivity contribution in [3.05, 3.63) is 65.2 Å². The molecule has 0 bridgehead atoms. The monoisotopic (exact) mass is 266 g/mol. The first kappa shape index (κ1) is 14.1. The quantitative estimate of drug-likeness (QED) is 0.873. The molecular weight excluding hydrogens is 248 g/mol. The van der Waals surface area contributed by atoms with E-state index in [0.717, 1.165) is 18.8 Å². The van der Waals surface area contributed by atoms with Gasteiger partial charge in [0.05, 0.1) is 0 Å². The molecule has 3 heteroatoms. The molecule has 0 unspecified atom stereocenters. The summed E-state index contributed by atoms with van der Waals surface area (Å²) in [4.78, 5) is 0. The molecule has 2 aromatic carbocycles. The van der Waals surface area contributed by atoms with Gasteiger partial charge in [-0.3, -0.25) is 0 Å². The normalized spacial score (nSPS) is 10.0. The first-order valence-electron chi connectivity index (χ1n) is 6.63. The Balaban J connectivity index is 1.82. The maximum atomic E-state index is 8.44. The summed E-state index contributed by atoms with van der Waals surface area (Å²) in [7, 11) is 0. The summed E-state index contributed by atoms with van der Waals surface area (Å²) in [6, 6.07) is 18.1. The van der Waals surface area contributed by atoms with Crippen LogP contribution < -0.4 is 10.1 Å². The largest absolute Gasteiger partial charge is 0.479 e. The highest BCUT2D eigenvalue weighted by atomic mass is 16.5. The van der Waals surface area contributed by atoms with Crippen molar-refractivity contribution in [3.63, 3.8) is 0 Å². The van der Waals surface area contributed by atoms with Crippen LogP contribution in [0.5, 0.6) is 5.75 Å². The number of nitriles is 1. The van der Waals surface area contributed by atoms with Gasteiger partial charge in [-0.25, -0.2) is 0 Å². The van der Waals surface area contributed by atoms with Gasteiger partial charge in [-0.2, -0.15) is 5.26 Å². The lowest BCUT2D eigenvalue weighted by Gasteiger charge is -2.08. The van der Waals surface area contributed by atoms with E-state index in [2.05, 4.69) is 36.5 Å². The first-order chi connectivity index (χ1) is 9.79. The zero-order valence-electron chi connectivity index (χ0n) is 11.6. The highest BCUT2D eigenvalue weighted by Gasteiger charge is 1.98. The third kappa shape index (κ3) is 4.11. The number of benzene rings is 2. The van der Waals surface area contributed by atoms with Crippen LogP contribution in [0.3, 0.4) is 0 Å². The number of nitrogens with one attached hydrogen (secondary N) is 1. The van der Waals surface area contributed by atoms with Gasteiger partial charge < -0.3 is 10.1 Å². The van der Waals surface area contributed by atoms with Gasteiger partial charge in [0.15, 0.2) is 6.61 Å². The van der Waals surface area contributed by atoms with Gasteiger partial charge in [0.1, 0.15) is 11.8 Å². The Bertz CT molecular complexity index is 585. The Hall–Kier alpha value is -2.31. The van der Waals surface area contributed by atoms with Crippen molar-refractivity contribution in [1.82, 2.24) is 5.32 Å². The van der Waals surface area contributed by atoms with Gasteiger partial charge in [-0.15, -0.1) is 0 Å². The molecule has 0 atom stereocenters. The molecule has 20 heavy (non-hydrogen) atoms. The van der Waals surface area contributed by atoms with Gasteiger partial charge in [0.25, 0.3) is 0 Å². The SMILES string of the molecule is Cc1ccccc1CNCc1ccc(OCC#N)cc1. The molecule has 2 aromatic rings. The Morgan fingerprint density at radius 3 is 2.50 bits per heavy atom. The van der Waals surface area contributed by atoms with Crippen molar-refractivity contribution >= 4 is 0 Å². The van der Waals surface area contributed by atoms with E-state index in [1.165, 1.54) is 16.7 Å². The van der Waals surface area contributed by atoms with Crippen LogP contribution in [0.1, 0.15) is 16.7 Å². The van der Waals surface area contributed by atoms with Gasteiger partial charge >= 0.3 is 0 Å². The lowest BCUT2D eigenvalue weighted by atomic mass is 10.1. The number of aryl methyl sites for hydroxylation is 1. The molecule has 0 heterocycles. The minimum atomic E-state index is 0.0882. The van der Waals surface area contributed by atoms with Gasteiger partial charge in [-0.1, -0.05) is 36.4 Å². The van der Waals surface area contributed by atoms with Crippen LogP contribution in [0.15, 0.2) is 48.5 Å².